The number of amides is 2. The minimum atomic E-state index is -3.36. The number of nitrogens with one attached hydrogen (secondary N) is 1. The molecule has 2 N–H and O–H groups in total. The highest BCUT2D eigenvalue weighted by atomic mass is 35.5. The lowest BCUT2D eigenvalue weighted by molar-refractivity contribution is -0.126. The van der Waals surface area contributed by atoms with Crippen LogP contribution in [-0.4, -0.2) is 61.2 Å². The molecule has 0 spiro atoms. The molecule has 1 heterocycles. The van der Waals surface area contributed by atoms with E-state index >= 15 is 0 Å². The summed E-state index contributed by atoms with van der Waals surface area (Å²) in [7, 11) is 1.23. The van der Waals surface area contributed by atoms with Gasteiger partial charge in [0, 0.05) is 19.7 Å². The first-order valence-electron chi connectivity index (χ1n) is 5.86. The Morgan fingerprint density at radius 1 is 1.55 bits per heavy atom. The van der Waals surface area contributed by atoms with Gasteiger partial charge in [-0.25, -0.2) is 22.4 Å². The molecule has 2 atom stereocenters. The Balaban J connectivity index is 0.00000135. The molecule has 0 aliphatic carbocycles. The monoisotopic (exact) mass is 350 g/mol. The van der Waals surface area contributed by atoms with Gasteiger partial charge < -0.3 is 15.2 Å². The fourth-order valence-electron chi connectivity index (χ4n) is 1.64. The van der Waals surface area contributed by atoms with Crippen LogP contribution in [0.5, 0.6) is 0 Å². The Kier molecular flexibility index (Phi) is 8.99. The van der Waals surface area contributed by atoms with Crippen molar-refractivity contribution in [1.82, 2.24) is 10.2 Å². The van der Waals surface area contributed by atoms with E-state index in [-0.39, 0.29) is 6.29 Å². The first kappa shape index (κ1) is 20.6. The van der Waals surface area contributed by atoms with Gasteiger partial charge in [-0.3, -0.25) is 9.69 Å². The van der Waals surface area contributed by atoms with Crippen LogP contribution < -0.4 is 5.32 Å². The Morgan fingerprint density at radius 3 is 2.45 bits per heavy atom. The summed E-state index contributed by atoms with van der Waals surface area (Å²) < 4.78 is 51.6. The number of alkyl halides is 4. The highest BCUT2D eigenvalue weighted by molar-refractivity contribution is 6.38. The van der Waals surface area contributed by atoms with Crippen LogP contribution >= 0.6 is 11.6 Å². The fourth-order valence-corrected chi connectivity index (χ4v) is 1.74. The summed E-state index contributed by atoms with van der Waals surface area (Å²) in [6.45, 7) is -2.35. The minimum Gasteiger partial charge on any atom is -0.394 e. The largest absolute Gasteiger partial charge is 0.394 e. The molecule has 1 rings (SSSR count). The van der Waals surface area contributed by atoms with E-state index in [0.717, 1.165) is 6.20 Å². The number of rotatable bonds is 4. The third-order valence-corrected chi connectivity index (χ3v) is 2.65. The molecule has 0 aromatic rings. The van der Waals surface area contributed by atoms with E-state index in [0.29, 0.717) is 4.90 Å². The highest BCUT2D eigenvalue weighted by Crippen LogP contribution is 2.37. The standard InChI is InChI=1S/C10H13ClF2N2O4.CH2F2/c1-14-9(18)15(3-6(11)4-16)8-10(12,13)2-7(5-17)19-8;2-1-3/h3-4,7-8,17H,2,5H2,1H3,(H,14,18);1H2/b6-3+;. The van der Waals surface area contributed by atoms with Crippen molar-refractivity contribution < 1.29 is 37.0 Å². The third kappa shape index (κ3) is 5.78. The summed E-state index contributed by atoms with van der Waals surface area (Å²) in [6, 6.07) is -0.914. The summed E-state index contributed by atoms with van der Waals surface area (Å²) in [5, 5.41) is 10.5. The summed E-state index contributed by atoms with van der Waals surface area (Å²) in [5.41, 5.74) is 0. The zero-order chi connectivity index (χ0) is 17.3. The maximum absolute atomic E-state index is 13.7. The second-order valence-corrected chi connectivity index (χ2v) is 4.39. The van der Waals surface area contributed by atoms with E-state index in [9.17, 15) is 27.2 Å². The summed E-state index contributed by atoms with van der Waals surface area (Å²) >= 11 is 5.42. The van der Waals surface area contributed by atoms with Gasteiger partial charge in [0.1, 0.15) is 0 Å². The van der Waals surface area contributed by atoms with Crippen molar-refractivity contribution in [1.29, 1.82) is 0 Å². The van der Waals surface area contributed by atoms with E-state index < -0.39 is 49.3 Å². The van der Waals surface area contributed by atoms with Crippen molar-refractivity contribution in [3.8, 4) is 0 Å². The smallest absolute Gasteiger partial charge is 0.323 e. The van der Waals surface area contributed by atoms with Gasteiger partial charge in [-0.1, -0.05) is 11.6 Å². The van der Waals surface area contributed by atoms with Gasteiger partial charge in [0.25, 0.3) is 5.92 Å². The van der Waals surface area contributed by atoms with Gasteiger partial charge in [-0.2, -0.15) is 0 Å². The number of carbonyl (C=O) groups is 2. The van der Waals surface area contributed by atoms with Crippen molar-refractivity contribution in [2.75, 3.05) is 20.6 Å². The average molecular weight is 351 g/mol. The highest BCUT2D eigenvalue weighted by Gasteiger charge is 2.53. The number of aliphatic hydroxyl groups is 1. The third-order valence-electron chi connectivity index (χ3n) is 2.46. The molecule has 128 valence electrons. The molecule has 2 unspecified atom stereocenters. The topological polar surface area (TPSA) is 78.9 Å². The van der Waals surface area contributed by atoms with Crippen LogP contribution in [0.15, 0.2) is 11.2 Å². The fraction of sp³-hybridized carbons (Fsp3) is 0.636. The molecule has 2 amide bonds. The molecule has 0 radical (unpaired) electrons. The Hall–Kier alpha value is -1.39. The number of ether oxygens (including phenoxy) is 1. The molecule has 1 fully saturated rings. The van der Waals surface area contributed by atoms with Crippen molar-refractivity contribution in [3.63, 3.8) is 0 Å². The summed E-state index contributed by atoms with van der Waals surface area (Å²) in [6.07, 6.45) is -2.79. The van der Waals surface area contributed by atoms with Crippen LogP contribution in [0.3, 0.4) is 0 Å². The quantitative estimate of drug-likeness (QED) is 0.458. The van der Waals surface area contributed by atoms with E-state index in [1.807, 2.05) is 0 Å². The van der Waals surface area contributed by atoms with Gasteiger partial charge >= 0.3 is 6.03 Å². The second-order valence-electron chi connectivity index (χ2n) is 3.95. The van der Waals surface area contributed by atoms with Crippen molar-refractivity contribution >= 4 is 23.9 Å². The van der Waals surface area contributed by atoms with Crippen LogP contribution in [0.25, 0.3) is 0 Å². The first-order chi connectivity index (χ1) is 10.3. The molecule has 0 aromatic heterocycles. The van der Waals surface area contributed by atoms with Crippen molar-refractivity contribution in [2.24, 2.45) is 0 Å². The zero-order valence-corrected chi connectivity index (χ0v) is 12.2. The number of urea groups is 1. The normalized spacial score (nSPS) is 23.3. The van der Waals surface area contributed by atoms with Crippen LogP contribution in [-0.2, 0) is 9.53 Å². The number of nitrogens with zero attached hydrogens (tertiary/aromatic N) is 1. The molecule has 0 saturated carbocycles. The zero-order valence-electron chi connectivity index (χ0n) is 11.4. The predicted molar refractivity (Wildman–Crippen MR) is 68.7 cm³/mol. The maximum Gasteiger partial charge on any atom is 0.323 e. The van der Waals surface area contributed by atoms with E-state index in [1.54, 1.807) is 0 Å². The van der Waals surface area contributed by atoms with Gasteiger partial charge in [0.05, 0.1) is 17.7 Å². The molecule has 22 heavy (non-hydrogen) atoms. The lowest BCUT2D eigenvalue weighted by Gasteiger charge is -2.28. The predicted octanol–water partition coefficient (Wildman–Crippen LogP) is 1.53. The van der Waals surface area contributed by atoms with Gasteiger partial charge in [-0.15, -0.1) is 0 Å². The van der Waals surface area contributed by atoms with E-state index in [1.165, 1.54) is 7.05 Å². The molecule has 1 aliphatic heterocycles. The molecule has 11 heteroatoms. The number of allylic oxidation sites excluding steroid dienone is 1. The van der Waals surface area contributed by atoms with Crippen LogP contribution in [0.4, 0.5) is 22.4 Å². The lowest BCUT2D eigenvalue weighted by atomic mass is 10.2. The Morgan fingerprint density at radius 2 is 2.09 bits per heavy atom. The van der Waals surface area contributed by atoms with Crippen LogP contribution in [0, 0.1) is 0 Å². The van der Waals surface area contributed by atoms with Gasteiger partial charge in [-0.05, 0) is 0 Å². The van der Waals surface area contributed by atoms with E-state index in [4.69, 9.17) is 21.4 Å². The van der Waals surface area contributed by atoms with Crippen molar-refractivity contribution in [3.05, 3.63) is 11.2 Å². The maximum atomic E-state index is 13.7. The van der Waals surface area contributed by atoms with Crippen LogP contribution in [0.2, 0.25) is 0 Å². The number of aldehydes is 1. The SMILES string of the molecule is CNC(=O)N(/C=C(/Cl)C=O)C1OC(CO)CC1(F)F.FCF. The van der Waals surface area contributed by atoms with Crippen molar-refractivity contribution in [2.45, 2.75) is 24.7 Å². The summed E-state index contributed by atoms with van der Waals surface area (Å²) in [4.78, 5) is 22.5. The molecule has 0 aromatic carbocycles. The number of hydrogen-bond donors (Lipinski definition) is 2. The van der Waals surface area contributed by atoms with Gasteiger partial charge in [0.15, 0.2) is 6.29 Å². The molecule has 0 bridgehead atoms. The van der Waals surface area contributed by atoms with E-state index in [2.05, 4.69) is 5.32 Å². The first-order valence-corrected chi connectivity index (χ1v) is 6.23. The number of hydrogen-bond acceptors (Lipinski definition) is 4. The second kappa shape index (κ2) is 9.59. The average Bonchev–Trinajstić information content (AvgIpc) is 2.79. The van der Waals surface area contributed by atoms with Crippen LogP contribution in [0.1, 0.15) is 6.42 Å². The molecular formula is C11H15ClF4N2O4. The summed E-state index contributed by atoms with van der Waals surface area (Å²) in [5.74, 6) is -3.36. The van der Waals surface area contributed by atoms with Gasteiger partial charge in [0.2, 0.25) is 13.2 Å². The minimum absolute atomic E-state index is 0.202. The number of aliphatic hydroxyl groups excluding tert-OH is 1. The molecule has 1 saturated heterocycles. The molecule has 1 aliphatic rings. The Bertz CT molecular complexity index is 412. The molecule has 6 nitrogen and oxygen atoms in total. The lowest BCUT2D eigenvalue weighted by Crippen LogP contribution is -2.48. The molecular weight excluding hydrogens is 336 g/mol. The number of halogens is 5. The Labute approximate surface area is 128 Å². The number of carbonyl (C=O) groups excluding carboxylic acids is 2.